The summed E-state index contributed by atoms with van der Waals surface area (Å²) in [5.41, 5.74) is 1.07. The first-order chi connectivity index (χ1) is 12.3. The van der Waals surface area contributed by atoms with Crippen molar-refractivity contribution in [2.75, 3.05) is 0 Å². The minimum Gasteiger partial charge on any atom is -0.482 e. The molecule has 0 aliphatic carbocycles. The van der Waals surface area contributed by atoms with Crippen molar-refractivity contribution in [2.45, 2.75) is 26.9 Å². The lowest BCUT2D eigenvalue weighted by molar-refractivity contribution is -0.386. The second-order valence-corrected chi connectivity index (χ2v) is 5.57. The number of hydrogen-bond donors (Lipinski definition) is 1. The van der Waals surface area contributed by atoms with Crippen LogP contribution in [0.15, 0.2) is 36.4 Å². The summed E-state index contributed by atoms with van der Waals surface area (Å²) in [6.07, 6.45) is -0.810. The highest BCUT2D eigenvalue weighted by Gasteiger charge is 2.26. The van der Waals surface area contributed by atoms with E-state index in [0.29, 0.717) is 0 Å². The van der Waals surface area contributed by atoms with Crippen molar-refractivity contribution < 1.29 is 29.1 Å². The van der Waals surface area contributed by atoms with Crippen LogP contribution in [-0.2, 0) is 16.2 Å². The van der Waals surface area contributed by atoms with Crippen molar-refractivity contribution in [3.05, 3.63) is 63.2 Å². The van der Waals surface area contributed by atoms with Crippen molar-refractivity contribution in [3.63, 3.8) is 0 Å². The molecule has 2 aromatic rings. The molecule has 0 heterocycles. The number of nitrogens with zero attached hydrogens (tertiary/aromatic N) is 1. The number of nitro benzene ring substituents is 1. The normalized spacial score (nSPS) is 10.2. The molecule has 0 radical (unpaired) electrons. The van der Waals surface area contributed by atoms with Crippen LogP contribution in [0, 0.1) is 24.0 Å². The van der Waals surface area contributed by atoms with Crippen LogP contribution in [0.25, 0.3) is 0 Å². The number of aryl methyl sites for hydroxylation is 1. The molecular formula is C18H17NO7. The molecule has 1 N–H and O–H groups in total. The number of rotatable bonds is 7. The summed E-state index contributed by atoms with van der Waals surface area (Å²) >= 11 is 0. The summed E-state index contributed by atoms with van der Waals surface area (Å²) in [5, 5.41) is 20.1. The number of benzene rings is 2. The smallest absolute Gasteiger partial charge is 0.322 e. The van der Waals surface area contributed by atoms with Gasteiger partial charge in [0.2, 0.25) is 5.75 Å². The minimum absolute atomic E-state index is 0.0167. The largest absolute Gasteiger partial charge is 0.482 e. The molecule has 0 atom stereocenters. The summed E-state index contributed by atoms with van der Waals surface area (Å²) in [7, 11) is 0. The van der Waals surface area contributed by atoms with Crippen molar-refractivity contribution in [1.82, 2.24) is 0 Å². The molecule has 0 amide bonds. The summed E-state index contributed by atoms with van der Waals surface area (Å²) in [5.74, 6) is -2.28. The van der Waals surface area contributed by atoms with Gasteiger partial charge in [-0.05, 0) is 25.5 Å². The maximum absolute atomic E-state index is 11.6. The van der Waals surface area contributed by atoms with Crippen molar-refractivity contribution in [3.8, 4) is 11.5 Å². The topological polar surface area (TPSA) is 116 Å². The second kappa shape index (κ2) is 8.11. The van der Waals surface area contributed by atoms with Crippen LogP contribution < -0.4 is 9.47 Å². The molecule has 0 aromatic heterocycles. The molecule has 0 saturated heterocycles. The molecule has 2 aromatic carbocycles. The lowest BCUT2D eigenvalue weighted by Crippen LogP contribution is -2.14. The van der Waals surface area contributed by atoms with E-state index in [2.05, 4.69) is 0 Å². The monoisotopic (exact) mass is 359 g/mol. The van der Waals surface area contributed by atoms with E-state index in [4.69, 9.17) is 14.6 Å². The molecule has 8 nitrogen and oxygen atoms in total. The lowest BCUT2D eigenvalue weighted by Gasteiger charge is -2.15. The molecule has 136 valence electrons. The van der Waals surface area contributed by atoms with Crippen LogP contribution >= 0.6 is 0 Å². The van der Waals surface area contributed by atoms with E-state index < -0.39 is 23.3 Å². The maximum atomic E-state index is 11.6. The average Bonchev–Trinajstić information content (AvgIpc) is 2.56. The zero-order valence-corrected chi connectivity index (χ0v) is 14.2. The SMILES string of the molecule is Cc1cc(OC(=O)CC(=O)O)c(C)c(OCc2ccccc2)c1[N+](=O)[O-]. The highest BCUT2D eigenvalue weighted by atomic mass is 16.6. The quantitative estimate of drug-likeness (QED) is 0.265. The third-order valence-electron chi connectivity index (χ3n) is 3.57. The van der Waals surface area contributed by atoms with Crippen LogP contribution in [0.3, 0.4) is 0 Å². The fraction of sp³-hybridized carbons (Fsp3) is 0.222. The van der Waals surface area contributed by atoms with Crippen LogP contribution in [0.1, 0.15) is 23.1 Å². The van der Waals surface area contributed by atoms with Gasteiger partial charge in [0.1, 0.15) is 18.8 Å². The first-order valence-corrected chi connectivity index (χ1v) is 7.67. The van der Waals surface area contributed by atoms with Crippen LogP contribution in [0.2, 0.25) is 0 Å². The number of carboxylic acid groups (broad SMARTS) is 1. The Bertz CT molecular complexity index is 846. The number of carbonyl (C=O) groups is 2. The van der Waals surface area contributed by atoms with E-state index in [1.807, 2.05) is 30.3 Å². The van der Waals surface area contributed by atoms with Gasteiger partial charge in [0.05, 0.1) is 4.92 Å². The minimum atomic E-state index is -1.33. The third-order valence-corrected chi connectivity index (χ3v) is 3.57. The molecule has 0 fully saturated rings. The number of hydrogen-bond acceptors (Lipinski definition) is 6. The molecule has 26 heavy (non-hydrogen) atoms. The number of aliphatic carboxylic acids is 1. The number of carbonyl (C=O) groups excluding carboxylic acids is 1. The Morgan fingerprint density at radius 1 is 1.19 bits per heavy atom. The zero-order valence-electron chi connectivity index (χ0n) is 14.2. The molecule has 0 spiro atoms. The summed E-state index contributed by atoms with van der Waals surface area (Å²) in [4.78, 5) is 33.1. The molecule has 0 saturated carbocycles. The van der Waals surface area contributed by atoms with E-state index in [9.17, 15) is 19.7 Å². The van der Waals surface area contributed by atoms with Crippen LogP contribution in [0.4, 0.5) is 5.69 Å². The van der Waals surface area contributed by atoms with Crippen molar-refractivity contribution >= 4 is 17.6 Å². The summed E-state index contributed by atoms with van der Waals surface area (Å²) in [6, 6.07) is 10.4. The van der Waals surface area contributed by atoms with Gasteiger partial charge in [-0.2, -0.15) is 0 Å². The van der Waals surface area contributed by atoms with E-state index >= 15 is 0 Å². The van der Waals surface area contributed by atoms with Gasteiger partial charge in [-0.1, -0.05) is 30.3 Å². The van der Waals surface area contributed by atoms with Gasteiger partial charge in [0.15, 0.2) is 0 Å². The first kappa shape index (κ1) is 18.9. The van der Waals surface area contributed by atoms with Gasteiger partial charge < -0.3 is 14.6 Å². The van der Waals surface area contributed by atoms with Gasteiger partial charge in [-0.15, -0.1) is 0 Å². The van der Waals surface area contributed by atoms with E-state index in [1.54, 1.807) is 0 Å². The van der Waals surface area contributed by atoms with Gasteiger partial charge in [0.25, 0.3) is 0 Å². The number of nitro groups is 1. The second-order valence-electron chi connectivity index (χ2n) is 5.57. The summed E-state index contributed by atoms with van der Waals surface area (Å²) < 4.78 is 10.7. The lowest BCUT2D eigenvalue weighted by atomic mass is 10.1. The fourth-order valence-electron chi connectivity index (χ4n) is 2.36. The van der Waals surface area contributed by atoms with E-state index in [-0.39, 0.29) is 34.9 Å². The first-order valence-electron chi connectivity index (χ1n) is 7.67. The van der Waals surface area contributed by atoms with Crippen molar-refractivity contribution in [2.24, 2.45) is 0 Å². The molecule has 0 bridgehead atoms. The molecule has 2 rings (SSSR count). The number of carboxylic acids is 1. The predicted molar refractivity (Wildman–Crippen MR) is 91.2 cm³/mol. The molecular weight excluding hydrogens is 342 g/mol. The Hall–Kier alpha value is -3.42. The molecule has 8 heteroatoms. The van der Waals surface area contributed by atoms with Crippen LogP contribution in [-0.4, -0.2) is 22.0 Å². The van der Waals surface area contributed by atoms with E-state index in [1.165, 1.54) is 19.9 Å². The fourth-order valence-corrected chi connectivity index (χ4v) is 2.36. The molecule has 0 aliphatic rings. The van der Waals surface area contributed by atoms with Gasteiger partial charge in [-0.3, -0.25) is 19.7 Å². The Morgan fingerprint density at radius 2 is 1.85 bits per heavy atom. The van der Waals surface area contributed by atoms with Gasteiger partial charge in [-0.25, -0.2) is 0 Å². The highest BCUT2D eigenvalue weighted by Crippen LogP contribution is 2.40. The summed E-state index contributed by atoms with van der Waals surface area (Å²) in [6.45, 7) is 3.09. The Balaban J connectivity index is 2.37. The van der Waals surface area contributed by atoms with Gasteiger partial charge >= 0.3 is 17.6 Å². The van der Waals surface area contributed by atoms with Crippen molar-refractivity contribution in [1.29, 1.82) is 0 Å². The Labute approximate surface area is 149 Å². The highest BCUT2D eigenvalue weighted by molar-refractivity contribution is 5.91. The molecule has 0 unspecified atom stereocenters. The van der Waals surface area contributed by atoms with Gasteiger partial charge in [0, 0.05) is 11.1 Å². The third kappa shape index (κ3) is 4.56. The van der Waals surface area contributed by atoms with Crippen LogP contribution in [0.5, 0.6) is 11.5 Å². The Kier molecular flexibility index (Phi) is 5.90. The van der Waals surface area contributed by atoms with E-state index in [0.717, 1.165) is 5.56 Å². The standard InChI is InChI=1S/C18H17NO7/c1-11-8-14(26-16(22)9-15(20)21)12(2)18(17(11)19(23)24)25-10-13-6-4-3-5-7-13/h3-8H,9-10H2,1-2H3,(H,20,21). The molecule has 0 aliphatic heterocycles. The number of ether oxygens (including phenoxy) is 2. The maximum Gasteiger partial charge on any atom is 0.322 e. The number of esters is 1. The predicted octanol–water partition coefficient (Wildman–Crippen LogP) is 3.17. The Morgan fingerprint density at radius 3 is 2.42 bits per heavy atom. The zero-order chi connectivity index (χ0) is 19.3. The average molecular weight is 359 g/mol.